The molecule has 1 fully saturated rings. The third-order valence-electron chi connectivity index (χ3n) is 3.63. The van der Waals surface area contributed by atoms with Gasteiger partial charge >= 0.3 is 0 Å². The number of amides is 1. The maximum atomic E-state index is 12.1. The van der Waals surface area contributed by atoms with E-state index in [2.05, 4.69) is 10.3 Å². The van der Waals surface area contributed by atoms with E-state index in [0.29, 0.717) is 5.56 Å². The summed E-state index contributed by atoms with van der Waals surface area (Å²) in [7, 11) is 0. The lowest BCUT2D eigenvalue weighted by molar-refractivity contribution is 0.0758. The lowest BCUT2D eigenvalue weighted by atomic mass is 9.82. The van der Waals surface area contributed by atoms with Crippen molar-refractivity contribution in [1.29, 1.82) is 5.26 Å². The molecule has 1 aromatic rings. The van der Waals surface area contributed by atoms with E-state index < -0.39 is 5.54 Å². The van der Waals surface area contributed by atoms with E-state index in [0.717, 1.165) is 32.1 Å². The van der Waals surface area contributed by atoms with Crippen LogP contribution in [-0.4, -0.2) is 28.1 Å². The first-order chi connectivity index (χ1) is 9.19. The van der Waals surface area contributed by atoms with Crippen molar-refractivity contribution in [1.82, 2.24) is 10.3 Å². The average molecular weight is 259 g/mol. The Kier molecular flexibility index (Phi) is 4.13. The summed E-state index contributed by atoms with van der Waals surface area (Å²) in [5.41, 5.74) is 0.201. The summed E-state index contributed by atoms with van der Waals surface area (Å²) >= 11 is 0. The summed E-state index contributed by atoms with van der Waals surface area (Å²) in [5.74, 6) is -0.243. The molecule has 1 amide bonds. The van der Waals surface area contributed by atoms with Crippen molar-refractivity contribution in [3.05, 3.63) is 29.6 Å². The van der Waals surface area contributed by atoms with Gasteiger partial charge in [0, 0.05) is 6.20 Å². The Hall–Kier alpha value is -1.93. The van der Waals surface area contributed by atoms with E-state index in [1.807, 2.05) is 6.07 Å². The molecule has 19 heavy (non-hydrogen) atoms. The van der Waals surface area contributed by atoms with E-state index in [1.165, 1.54) is 12.3 Å². The average Bonchev–Trinajstić information content (AvgIpc) is 2.48. The highest BCUT2D eigenvalue weighted by atomic mass is 16.3. The number of pyridine rings is 1. The Balaban J connectivity index is 2.08. The topological polar surface area (TPSA) is 86.0 Å². The van der Waals surface area contributed by atoms with Gasteiger partial charge in [0.2, 0.25) is 0 Å². The maximum absolute atomic E-state index is 12.1. The number of nitrogens with one attached hydrogen (secondary N) is 1. The zero-order chi connectivity index (χ0) is 13.7. The van der Waals surface area contributed by atoms with Crippen molar-refractivity contribution in [2.24, 2.45) is 0 Å². The summed E-state index contributed by atoms with van der Waals surface area (Å²) in [5, 5.41) is 21.1. The first kappa shape index (κ1) is 13.5. The van der Waals surface area contributed by atoms with Crippen LogP contribution in [0.25, 0.3) is 0 Å². The number of nitrogens with zero attached hydrogens (tertiary/aromatic N) is 2. The lowest BCUT2D eigenvalue weighted by Crippen LogP contribution is -2.52. The second-order valence-corrected chi connectivity index (χ2v) is 5.00. The highest BCUT2D eigenvalue weighted by Gasteiger charge is 2.33. The molecule has 1 aromatic heterocycles. The molecule has 0 atom stereocenters. The minimum atomic E-state index is -0.497. The minimum absolute atomic E-state index is 0.0392. The fourth-order valence-electron chi connectivity index (χ4n) is 2.46. The number of aromatic nitrogens is 1. The van der Waals surface area contributed by atoms with Gasteiger partial charge in [-0.15, -0.1) is 0 Å². The largest absolute Gasteiger partial charge is 0.394 e. The van der Waals surface area contributed by atoms with E-state index in [9.17, 15) is 9.90 Å². The molecule has 0 unspecified atom stereocenters. The number of rotatable bonds is 3. The van der Waals surface area contributed by atoms with Gasteiger partial charge in [-0.3, -0.25) is 4.79 Å². The van der Waals surface area contributed by atoms with Crippen molar-refractivity contribution >= 4 is 5.91 Å². The van der Waals surface area contributed by atoms with Crippen molar-refractivity contribution in [3.8, 4) is 6.07 Å². The van der Waals surface area contributed by atoms with Gasteiger partial charge in [-0.05, 0) is 25.0 Å². The van der Waals surface area contributed by atoms with Gasteiger partial charge in [0.25, 0.3) is 5.91 Å². The molecule has 5 nitrogen and oxygen atoms in total. The predicted octanol–water partition coefficient (Wildman–Crippen LogP) is 1.38. The molecule has 0 aliphatic heterocycles. The Bertz CT molecular complexity index is 484. The summed E-state index contributed by atoms with van der Waals surface area (Å²) in [4.78, 5) is 16.0. The van der Waals surface area contributed by atoms with Crippen molar-refractivity contribution in [2.75, 3.05) is 6.61 Å². The van der Waals surface area contributed by atoms with E-state index in [-0.39, 0.29) is 18.2 Å². The zero-order valence-corrected chi connectivity index (χ0v) is 10.7. The molecule has 0 bridgehead atoms. The molecule has 1 aliphatic carbocycles. The minimum Gasteiger partial charge on any atom is -0.394 e. The highest BCUT2D eigenvalue weighted by molar-refractivity contribution is 5.94. The van der Waals surface area contributed by atoms with Gasteiger partial charge in [-0.1, -0.05) is 19.3 Å². The van der Waals surface area contributed by atoms with Gasteiger partial charge in [-0.2, -0.15) is 5.26 Å². The molecule has 1 aliphatic rings. The molecule has 0 saturated heterocycles. The monoisotopic (exact) mass is 259 g/mol. The summed E-state index contributed by atoms with van der Waals surface area (Å²) < 4.78 is 0. The van der Waals surface area contributed by atoms with Crippen LogP contribution in [0.3, 0.4) is 0 Å². The normalized spacial score (nSPS) is 17.5. The van der Waals surface area contributed by atoms with Gasteiger partial charge in [0.05, 0.1) is 17.7 Å². The van der Waals surface area contributed by atoms with Crippen LogP contribution >= 0.6 is 0 Å². The van der Waals surface area contributed by atoms with Crippen LogP contribution in [-0.2, 0) is 0 Å². The standard InChI is InChI=1S/C14H17N3O2/c15-8-12-5-4-11(9-16-12)13(19)17-14(10-18)6-2-1-3-7-14/h4-5,9,18H,1-3,6-7,10H2,(H,17,19). The second-order valence-electron chi connectivity index (χ2n) is 5.00. The fraction of sp³-hybridized carbons (Fsp3) is 0.500. The number of hydrogen-bond donors (Lipinski definition) is 2. The Morgan fingerprint density at radius 1 is 1.42 bits per heavy atom. The second kappa shape index (κ2) is 5.81. The molecule has 1 heterocycles. The molecule has 100 valence electrons. The van der Waals surface area contributed by atoms with Crippen LogP contribution < -0.4 is 5.32 Å². The SMILES string of the molecule is N#Cc1ccc(C(=O)NC2(CO)CCCCC2)cn1. The van der Waals surface area contributed by atoms with E-state index >= 15 is 0 Å². The molecule has 0 spiro atoms. The van der Waals surface area contributed by atoms with Gasteiger partial charge in [0.1, 0.15) is 11.8 Å². The number of carbonyl (C=O) groups is 1. The highest BCUT2D eigenvalue weighted by Crippen LogP contribution is 2.28. The van der Waals surface area contributed by atoms with Gasteiger partial charge < -0.3 is 10.4 Å². The Labute approximate surface area is 112 Å². The third kappa shape index (κ3) is 3.09. The quantitative estimate of drug-likeness (QED) is 0.858. The molecule has 0 radical (unpaired) electrons. The molecule has 2 N–H and O–H groups in total. The summed E-state index contributed by atoms with van der Waals surface area (Å²) in [6.45, 7) is -0.0392. The smallest absolute Gasteiger partial charge is 0.253 e. The summed E-state index contributed by atoms with van der Waals surface area (Å²) in [6, 6.07) is 5.00. The van der Waals surface area contributed by atoms with Crippen LogP contribution in [0.2, 0.25) is 0 Å². The molecule has 2 rings (SSSR count). The van der Waals surface area contributed by atoms with Crippen LogP contribution in [0.1, 0.15) is 48.2 Å². The van der Waals surface area contributed by atoms with Crippen LogP contribution in [0.4, 0.5) is 0 Å². The van der Waals surface area contributed by atoms with E-state index in [4.69, 9.17) is 5.26 Å². The van der Waals surface area contributed by atoms with Gasteiger partial charge in [0.15, 0.2) is 0 Å². The zero-order valence-electron chi connectivity index (χ0n) is 10.7. The van der Waals surface area contributed by atoms with Crippen molar-refractivity contribution < 1.29 is 9.90 Å². The summed E-state index contributed by atoms with van der Waals surface area (Å²) in [6.07, 6.45) is 6.19. The fourth-order valence-corrected chi connectivity index (χ4v) is 2.46. The number of aliphatic hydroxyl groups excluding tert-OH is 1. The Morgan fingerprint density at radius 2 is 2.16 bits per heavy atom. The number of hydrogen-bond acceptors (Lipinski definition) is 4. The lowest BCUT2D eigenvalue weighted by Gasteiger charge is -2.36. The maximum Gasteiger partial charge on any atom is 0.253 e. The predicted molar refractivity (Wildman–Crippen MR) is 69.3 cm³/mol. The number of aliphatic hydroxyl groups is 1. The van der Waals surface area contributed by atoms with Gasteiger partial charge in [-0.25, -0.2) is 4.98 Å². The van der Waals surface area contributed by atoms with Crippen LogP contribution in [0, 0.1) is 11.3 Å². The van der Waals surface area contributed by atoms with Crippen molar-refractivity contribution in [3.63, 3.8) is 0 Å². The van der Waals surface area contributed by atoms with E-state index in [1.54, 1.807) is 6.07 Å². The van der Waals surface area contributed by atoms with Crippen LogP contribution in [0.5, 0.6) is 0 Å². The Morgan fingerprint density at radius 3 is 2.68 bits per heavy atom. The molecular weight excluding hydrogens is 242 g/mol. The molecule has 5 heteroatoms. The first-order valence-electron chi connectivity index (χ1n) is 6.49. The molecule has 1 saturated carbocycles. The number of carbonyl (C=O) groups excluding carboxylic acids is 1. The van der Waals surface area contributed by atoms with Crippen molar-refractivity contribution in [2.45, 2.75) is 37.6 Å². The third-order valence-corrected chi connectivity index (χ3v) is 3.63. The van der Waals surface area contributed by atoms with Crippen LogP contribution in [0.15, 0.2) is 18.3 Å². The number of nitriles is 1. The molecule has 0 aromatic carbocycles. The molecular formula is C14H17N3O2. The first-order valence-corrected chi connectivity index (χ1v) is 6.49.